The van der Waals surface area contributed by atoms with Crippen LogP contribution in [-0.4, -0.2) is 12.5 Å². The molecule has 0 spiro atoms. The Morgan fingerprint density at radius 1 is 1.45 bits per heavy atom. The van der Waals surface area contributed by atoms with Gasteiger partial charge in [0, 0.05) is 6.21 Å². The molecule has 0 fully saturated rings. The second-order valence-corrected chi connectivity index (χ2v) is 1.94. The van der Waals surface area contributed by atoms with Crippen LogP contribution in [0.4, 0.5) is 4.39 Å². The van der Waals surface area contributed by atoms with E-state index in [1.807, 2.05) is 26.8 Å². The molecular weight excluding hydrogens is 141 g/mol. The molecule has 0 aromatic heterocycles. The highest BCUT2D eigenvalue weighted by Gasteiger charge is 1.97. The topological polar surface area (TPSA) is 12.4 Å². The lowest BCUT2D eigenvalue weighted by atomic mass is 10.3. The van der Waals surface area contributed by atoms with Crippen molar-refractivity contribution in [3.63, 3.8) is 0 Å². The number of hydrogen-bond acceptors (Lipinski definition) is 1. The molecule has 0 amide bonds. The van der Waals surface area contributed by atoms with Crippen molar-refractivity contribution in [2.24, 2.45) is 4.99 Å². The van der Waals surface area contributed by atoms with Crippen LogP contribution in [0, 0.1) is 0 Å². The fourth-order valence-electron chi connectivity index (χ4n) is 0.642. The zero-order valence-electron chi connectivity index (χ0n) is 7.21. The summed E-state index contributed by atoms with van der Waals surface area (Å²) in [6.07, 6.45) is 5.34. The van der Waals surface area contributed by atoms with E-state index >= 15 is 0 Å². The summed E-state index contributed by atoms with van der Waals surface area (Å²) >= 11 is 0. The lowest BCUT2D eigenvalue weighted by molar-refractivity contribution is 0.416. The first-order valence-corrected chi connectivity index (χ1v) is 3.81. The van der Waals surface area contributed by atoms with Gasteiger partial charge in [0.25, 0.3) is 0 Å². The van der Waals surface area contributed by atoms with E-state index in [4.69, 9.17) is 0 Å². The highest BCUT2D eigenvalue weighted by Crippen LogP contribution is 2.04. The Morgan fingerprint density at radius 3 is 2.73 bits per heavy atom. The predicted octanol–water partition coefficient (Wildman–Crippen LogP) is 2.90. The van der Waals surface area contributed by atoms with E-state index in [0.29, 0.717) is 0 Å². The second-order valence-electron chi connectivity index (χ2n) is 1.94. The van der Waals surface area contributed by atoms with Crippen LogP contribution in [0.2, 0.25) is 0 Å². The average Bonchev–Trinajstić information content (AvgIpc) is 2.18. The number of allylic oxidation sites excluding steroid dienone is 3. The van der Waals surface area contributed by atoms with Gasteiger partial charge >= 0.3 is 0 Å². The van der Waals surface area contributed by atoms with Crippen molar-refractivity contribution in [1.29, 1.82) is 0 Å². The molecule has 1 atom stereocenters. The minimum absolute atomic E-state index is 0.917. The molecule has 0 aliphatic carbocycles. The summed E-state index contributed by atoms with van der Waals surface area (Å²) in [5.74, 6) is 0. The van der Waals surface area contributed by atoms with Crippen LogP contribution < -0.4 is 0 Å². The number of aliphatic imine (C=N–C) groups is 1. The molecule has 0 saturated carbocycles. The van der Waals surface area contributed by atoms with E-state index in [1.54, 1.807) is 6.08 Å². The molecular formula is C9H14FN. The molecule has 11 heavy (non-hydrogen) atoms. The Bertz CT molecular complexity index is 180. The number of alkyl halides is 1. The molecule has 0 bridgehead atoms. The Hall–Kier alpha value is -0.920. The number of rotatable bonds is 0. The first-order valence-electron chi connectivity index (χ1n) is 3.81. The molecule has 2 heteroatoms. The van der Waals surface area contributed by atoms with Gasteiger partial charge < -0.3 is 0 Å². The molecule has 1 nitrogen and oxygen atoms in total. The van der Waals surface area contributed by atoms with Crippen molar-refractivity contribution >= 4 is 6.21 Å². The van der Waals surface area contributed by atoms with Crippen LogP contribution >= 0.6 is 0 Å². The van der Waals surface area contributed by atoms with E-state index in [0.717, 1.165) is 5.57 Å². The Morgan fingerprint density at radius 2 is 2.09 bits per heavy atom. The maximum atomic E-state index is 12.4. The molecule has 0 saturated heterocycles. The van der Waals surface area contributed by atoms with Gasteiger partial charge in [-0.1, -0.05) is 25.5 Å². The van der Waals surface area contributed by atoms with Crippen LogP contribution in [0.5, 0.6) is 0 Å². The molecule has 0 radical (unpaired) electrons. The van der Waals surface area contributed by atoms with E-state index in [1.165, 1.54) is 12.3 Å². The summed E-state index contributed by atoms with van der Waals surface area (Å²) in [5.41, 5.74) is 0.917. The van der Waals surface area contributed by atoms with Gasteiger partial charge in [-0.15, -0.1) is 0 Å². The van der Waals surface area contributed by atoms with Crippen LogP contribution in [-0.2, 0) is 0 Å². The minimum atomic E-state index is -1.15. The largest absolute Gasteiger partial charge is 0.253 e. The van der Waals surface area contributed by atoms with Crippen LogP contribution in [0.3, 0.4) is 0 Å². The molecule has 1 unspecified atom stereocenters. The maximum Gasteiger partial charge on any atom is 0.208 e. The maximum absolute atomic E-state index is 12.4. The van der Waals surface area contributed by atoms with E-state index < -0.39 is 6.30 Å². The van der Waals surface area contributed by atoms with Crippen molar-refractivity contribution in [2.45, 2.75) is 27.1 Å². The van der Waals surface area contributed by atoms with Crippen molar-refractivity contribution in [3.05, 3.63) is 23.8 Å². The van der Waals surface area contributed by atoms with Gasteiger partial charge in [-0.2, -0.15) is 0 Å². The molecule has 1 rings (SSSR count). The Labute approximate surface area is 67.3 Å². The van der Waals surface area contributed by atoms with Crippen LogP contribution in [0.1, 0.15) is 20.8 Å². The third kappa shape index (κ3) is 4.48. The molecule has 0 N–H and O–H groups in total. The summed E-state index contributed by atoms with van der Waals surface area (Å²) < 4.78 is 12.4. The Kier molecular flexibility index (Phi) is 5.35. The van der Waals surface area contributed by atoms with Gasteiger partial charge in [0.2, 0.25) is 6.30 Å². The minimum Gasteiger partial charge on any atom is -0.253 e. The molecule has 62 valence electrons. The molecule has 1 heterocycles. The van der Waals surface area contributed by atoms with Gasteiger partial charge in [-0.25, -0.2) is 4.39 Å². The van der Waals surface area contributed by atoms with Crippen molar-refractivity contribution in [2.75, 3.05) is 0 Å². The fraction of sp³-hybridized carbons (Fsp3) is 0.444. The van der Waals surface area contributed by atoms with Gasteiger partial charge in [0.1, 0.15) is 0 Å². The van der Waals surface area contributed by atoms with E-state index in [-0.39, 0.29) is 0 Å². The van der Waals surface area contributed by atoms with Crippen molar-refractivity contribution in [1.82, 2.24) is 0 Å². The summed E-state index contributed by atoms with van der Waals surface area (Å²) in [6.45, 7) is 5.84. The second kappa shape index (κ2) is 5.83. The summed E-state index contributed by atoms with van der Waals surface area (Å²) in [6, 6.07) is 0. The molecule has 1 aliphatic heterocycles. The number of halogens is 1. The number of hydrogen-bond donors (Lipinski definition) is 0. The quantitative estimate of drug-likeness (QED) is 0.477. The average molecular weight is 155 g/mol. The van der Waals surface area contributed by atoms with Gasteiger partial charge in [-0.3, -0.25) is 4.99 Å². The van der Waals surface area contributed by atoms with E-state index in [9.17, 15) is 4.39 Å². The molecule has 0 aromatic rings. The number of nitrogens with zero attached hydrogens (tertiary/aromatic N) is 1. The summed E-state index contributed by atoms with van der Waals surface area (Å²) in [7, 11) is 0. The normalized spacial score (nSPS) is 21.5. The first-order chi connectivity index (χ1) is 5.29. The summed E-state index contributed by atoms with van der Waals surface area (Å²) in [4.78, 5) is 3.52. The smallest absolute Gasteiger partial charge is 0.208 e. The van der Waals surface area contributed by atoms with Crippen molar-refractivity contribution < 1.29 is 4.39 Å². The first kappa shape index (κ1) is 10.1. The Balaban J connectivity index is 0.000000461. The monoisotopic (exact) mass is 155 g/mol. The lowest BCUT2D eigenvalue weighted by Crippen LogP contribution is -1.87. The highest BCUT2D eigenvalue weighted by atomic mass is 19.1. The SMILES string of the molecule is CC.CC1=CC(F)N=CC=C1. The predicted molar refractivity (Wildman–Crippen MR) is 47.6 cm³/mol. The zero-order chi connectivity index (χ0) is 8.69. The zero-order valence-corrected chi connectivity index (χ0v) is 7.21. The van der Waals surface area contributed by atoms with Crippen LogP contribution in [0.25, 0.3) is 0 Å². The van der Waals surface area contributed by atoms with Crippen LogP contribution in [0.15, 0.2) is 28.8 Å². The fourth-order valence-corrected chi connectivity index (χ4v) is 0.642. The van der Waals surface area contributed by atoms with Gasteiger partial charge in [-0.05, 0) is 19.1 Å². The third-order valence-electron chi connectivity index (χ3n) is 1.07. The van der Waals surface area contributed by atoms with E-state index in [2.05, 4.69) is 4.99 Å². The molecule has 1 aliphatic rings. The summed E-state index contributed by atoms with van der Waals surface area (Å²) in [5, 5.41) is 0. The third-order valence-corrected chi connectivity index (χ3v) is 1.07. The highest BCUT2D eigenvalue weighted by molar-refractivity contribution is 5.72. The molecule has 0 aromatic carbocycles. The van der Waals surface area contributed by atoms with Gasteiger partial charge in [0.05, 0.1) is 0 Å². The van der Waals surface area contributed by atoms with Crippen molar-refractivity contribution in [3.8, 4) is 0 Å². The standard InChI is InChI=1S/C7H8FN.C2H6/c1-6-3-2-4-9-7(8)5-6;1-2/h2-5,7H,1H3;1-2H3. The lowest BCUT2D eigenvalue weighted by Gasteiger charge is -1.91. The van der Waals surface area contributed by atoms with Gasteiger partial charge in [0.15, 0.2) is 0 Å².